The highest BCUT2D eigenvalue weighted by molar-refractivity contribution is 5.74. The summed E-state index contributed by atoms with van der Waals surface area (Å²) in [5.74, 6) is 0. The molecule has 0 radical (unpaired) electrons. The van der Waals surface area contributed by atoms with E-state index in [0.717, 1.165) is 0 Å². The molecule has 0 aromatic carbocycles. The van der Waals surface area contributed by atoms with Crippen LogP contribution in [-0.2, 0) is 4.74 Å². The molecule has 0 bridgehead atoms. The van der Waals surface area contributed by atoms with E-state index in [2.05, 4.69) is 10.5 Å². The van der Waals surface area contributed by atoms with Crippen LogP contribution in [0, 0.1) is 0 Å². The van der Waals surface area contributed by atoms with Gasteiger partial charge in [0.2, 0.25) is 0 Å². The number of carbonyl (C=O) groups is 1. The van der Waals surface area contributed by atoms with Crippen molar-refractivity contribution in [3.05, 3.63) is 0 Å². The Labute approximate surface area is 77.8 Å². The fourth-order valence-corrected chi connectivity index (χ4v) is 0.631. The quantitative estimate of drug-likeness (QED) is 0.390. The van der Waals surface area contributed by atoms with Crippen LogP contribution in [0.25, 0.3) is 0 Å². The predicted molar refractivity (Wildman–Crippen MR) is 49.1 cm³/mol. The summed E-state index contributed by atoms with van der Waals surface area (Å²) in [5, 5.41) is 13.4. The Balaban J connectivity index is 3.88. The van der Waals surface area contributed by atoms with Crippen LogP contribution in [-0.4, -0.2) is 29.2 Å². The van der Waals surface area contributed by atoms with Crippen LogP contribution in [0.4, 0.5) is 4.79 Å². The van der Waals surface area contributed by atoms with E-state index in [1.165, 1.54) is 6.21 Å². The average Bonchev–Trinajstić information content (AvgIpc) is 1.81. The van der Waals surface area contributed by atoms with Crippen molar-refractivity contribution in [2.24, 2.45) is 5.16 Å². The topological polar surface area (TPSA) is 70.9 Å². The van der Waals surface area contributed by atoms with Gasteiger partial charge in [-0.25, -0.2) is 4.79 Å². The number of nitrogens with one attached hydrogen (secondary N) is 1. The molecule has 5 nitrogen and oxygen atoms in total. The molecule has 0 fully saturated rings. The van der Waals surface area contributed by atoms with Gasteiger partial charge < -0.3 is 15.3 Å². The Kier molecular flexibility index (Phi) is 4.23. The second-order valence-electron chi connectivity index (χ2n) is 3.70. The molecule has 0 aliphatic rings. The molecule has 0 heterocycles. The van der Waals surface area contributed by atoms with Gasteiger partial charge in [0.05, 0.1) is 12.3 Å². The number of nitrogens with zero attached hydrogens (tertiary/aromatic N) is 1. The lowest BCUT2D eigenvalue weighted by molar-refractivity contribution is 0.0522. The molecular weight excluding hydrogens is 172 g/mol. The van der Waals surface area contributed by atoms with Crippen molar-refractivity contribution in [3.8, 4) is 0 Å². The van der Waals surface area contributed by atoms with Gasteiger partial charge in [-0.1, -0.05) is 5.16 Å². The molecule has 0 rings (SSSR count). The third kappa shape index (κ3) is 7.11. The van der Waals surface area contributed by atoms with Crippen molar-refractivity contribution in [2.45, 2.75) is 39.3 Å². The maximum atomic E-state index is 11.1. The zero-order valence-electron chi connectivity index (χ0n) is 8.37. The van der Waals surface area contributed by atoms with Gasteiger partial charge in [0.25, 0.3) is 0 Å². The number of amides is 1. The van der Waals surface area contributed by atoms with Crippen molar-refractivity contribution < 1.29 is 14.7 Å². The highest BCUT2D eigenvalue weighted by atomic mass is 16.6. The SMILES string of the molecule is CC(/C=N/O)NC(=O)OC(C)(C)C. The maximum absolute atomic E-state index is 11.1. The van der Waals surface area contributed by atoms with E-state index in [9.17, 15) is 4.79 Å². The lowest BCUT2D eigenvalue weighted by Gasteiger charge is -2.20. The summed E-state index contributed by atoms with van der Waals surface area (Å²) in [6.45, 7) is 7.00. The van der Waals surface area contributed by atoms with Crippen molar-refractivity contribution in [3.63, 3.8) is 0 Å². The molecule has 2 N–H and O–H groups in total. The van der Waals surface area contributed by atoms with Gasteiger partial charge in [-0.15, -0.1) is 0 Å². The Morgan fingerprint density at radius 1 is 1.62 bits per heavy atom. The summed E-state index contributed by atoms with van der Waals surface area (Å²) >= 11 is 0. The highest BCUT2D eigenvalue weighted by Gasteiger charge is 2.16. The summed E-state index contributed by atoms with van der Waals surface area (Å²) in [7, 11) is 0. The van der Waals surface area contributed by atoms with E-state index in [-0.39, 0.29) is 6.04 Å². The normalized spacial score (nSPS) is 14.2. The van der Waals surface area contributed by atoms with Crippen molar-refractivity contribution >= 4 is 12.3 Å². The minimum atomic E-state index is -0.528. The number of ether oxygens (including phenoxy) is 1. The van der Waals surface area contributed by atoms with Crippen LogP contribution in [0.5, 0.6) is 0 Å². The molecule has 0 aromatic heterocycles. The predicted octanol–water partition coefficient (Wildman–Crippen LogP) is 1.36. The van der Waals surface area contributed by atoms with Crippen LogP contribution < -0.4 is 5.32 Å². The molecular formula is C8H16N2O3. The Morgan fingerprint density at radius 3 is 2.54 bits per heavy atom. The van der Waals surface area contributed by atoms with Crippen LogP contribution in [0.1, 0.15) is 27.7 Å². The molecule has 0 saturated carbocycles. The monoisotopic (exact) mass is 188 g/mol. The fourth-order valence-electron chi connectivity index (χ4n) is 0.631. The Morgan fingerprint density at radius 2 is 2.15 bits per heavy atom. The van der Waals surface area contributed by atoms with E-state index < -0.39 is 11.7 Å². The van der Waals surface area contributed by atoms with E-state index in [4.69, 9.17) is 9.94 Å². The smallest absolute Gasteiger partial charge is 0.408 e. The van der Waals surface area contributed by atoms with Gasteiger partial charge in [-0.05, 0) is 27.7 Å². The average molecular weight is 188 g/mol. The van der Waals surface area contributed by atoms with Crippen LogP contribution in [0.3, 0.4) is 0 Å². The maximum Gasteiger partial charge on any atom is 0.408 e. The van der Waals surface area contributed by atoms with Crippen molar-refractivity contribution in [2.75, 3.05) is 0 Å². The molecule has 0 saturated heterocycles. The van der Waals surface area contributed by atoms with Crippen molar-refractivity contribution in [1.82, 2.24) is 5.32 Å². The van der Waals surface area contributed by atoms with Gasteiger partial charge in [-0.2, -0.15) is 0 Å². The van der Waals surface area contributed by atoms with E-state index >= 15 is 0 Å². The number of carbonyl (C=O) groups excluding carboxylic acids is 1. The standard InChI is InChI=1S/C8H16N2O3/c1-6(5-9-12)10-7(11)13-8(2,3)4/h5-6,12H,1-4H3,(H,10,11)/b9-5+. The minimum Gasteiger partial charge on any atom is -0.444 e. The molecule has 0 aliphatic carbocycles. The second-order valence-corrected chi connectivity index (χ2v) is 3.70. The van der Waals surface area contributed by atoms with Gasteiger partial charge >= 0.3 is 6.09 Å². The molecule has 0 aromatic rings. The van der Waals surface area contributed by atoms with Gasteiger partial charge in [0.1, 0.15) is 5.60 Å². The number of hydrogen-bond donors (Lipinski definition) is 2. The van der Waals surface area contributed by atoms with E-state index in [1.807, 2.05) is 0 Å². The largest absolute Gasteiger partial charge is 0.444 e. The summed E-state index contributed by atoms with van der Waals surface area (Å²) in [4.78, 5) is 11.1. The third-order valence-corrected chi connectivity index (χ3v) is 1.03. The molecule has 13 heavy (non-hydrogen) atoms. The molecule has 1 atom stereocenters. The van der Waals surface area contributed by atoms with Gasteiger partial charge in [0.15, 0.2) is 0 Å². The summed E-state index contributed by atoms with van der Waals surface area (Å²) in [6, 6.07) is -0.347. The molecule has 5 heteroatoms. The summed E-state index contributed by atoms with van der Waals surface area (Å²) in [5.41, 5.74) is -0.514. The first kappa shape index (κ1) is 11.7. The zero-order valence-corrected chi connectivity index (χ0v) is 8.37. The second kappa shape index (κ2) is 4.69. The number of hydrogen-bond acceptors (Lipinski definition) is 4. The number of alkyl carbamates (subject to hydrolysis) is 1. The summed E-state index contributed by atoms with van der Waals surface area (Å²) in [6.07, 6.45) is 0.670. The number of oxime groups is 1. The number of rotatable bonds is 2. The molecule has 1 amide bonds. The molecule has 0 aliphatic heterocycles. The zero-order chi connectivity index (χ0) is 10.5. The highest BCUT2D eigenvalue weighted by Crippen LogP contribution is 2.06. The first-order valence-corrected chi connectivity index (χ1v) is 4.02. The van der Waals surface area contributed by atoms with E-state index in [1.54, 1.807) is 27.7 Å². The van der Waals surface area contributed by atoms with Gasteiger partial charge in [-0.3, -0.25) is 0 Å². The van der Waals surface area contributed by atoms with Crippen LogP contribution in [0.15, 0.2) is 5.16 Å². The lowest BCUT2D eigenvalue weighted by Crippen LogP contribution is -2.38. The first-order valence-electron chi connectivity index (χ1n) is 4.02. The molecule has 76 valence electrons. The van der Waals surface area contributed by atoms with E-state index in [0.29, 0.717) is 0 Å². The lowest BCUT2D eigenvalue weighted by atomic mass is 10.2. The molecule has 1 unspecified atom stereocenters. The third-order valence-electron chi connectivity index (χ3n) is 1.03. The van der Waals surface area contributed by atoms with Crippen LogP contribution >= 0.6 is 0 Å². The van der Waals surface area contributed by atoms with Crippen LogP contribution in [0.2, 0.25) is 0 Å². The molecule has 0 spiro atoms. The van der Waals surface area contributed by atoms with Crippen molar-refractivity contribution in [1.29, 1.82) is 0 Å². The first-order chi connectivity index (χ1) is 5.85. The Bertz CT molecular complexity index is 196. The Hall–Kier alpha value is -1.26. The summed E-state index contributed by atoms with van der Waals surface area (Å²) < 4.78 is 4.96. The minimum absolute atomic E-state index is 0.347. The van der Waals surface area contributed by atoms with Gasteiger partial charge in [0, 0.05) is 0 Å². The fraction of sp³-hybridized carbons (Fsp3) is 0.750.